The molecular weight excluding hydrogens is 312 g/mol. The number of benzene rings is 2. The van der Waals surface area contributed by atoms with Crippen molar-refractivity contribution in [2.24, 2.45) is 0 Å². The fraction of sp³-hybridized carbons (Fsp3) is 0.250. The van der Waals surface area contributed by atoms with Crippen molar-refractivity contribution in [1.29, 1.82) is 0 Å². The number of hydrogen-bond donors (Lipinski definition) is 2. The van der Waals surface area contributed by atoms with Gasteiger partial charge in [-0.2, -0.15) is 0 Å². The third-order valence-corrected chi connectivity index (χ3v) is 4.06. The van der Waals surface area contributed by atoms with Gasteiger partial charge >= 0.3 is 0 Å². The number of nitrogens with one attached hydrogen (secondary N) is 2. The van der Waals surface area contributed by atoms with Crippen molar-refractivity contribution in [1.82, 2.24) is 15.2 Å². The van der Waals surface area contributed by atoms with Gasteiger partial charge < -0.3 is 5.32 Å². The van der Waals surface area contributed by atoms with E-state index in [2.05, 4.69) is 46.5 Å². The Labute approximate surface area is 147 Å². The van der Waals surface area contributed by atoms with E-state index in [1.165, 1.54) is 5.56 Å². The first-order valence-electron chi connectivity index (χ1n) is 8.39. The largest absolute Gasteiger partial charge is 0.324 e. The highest BCUT2D eigenvalue weighted by Crippen LogP contribution is 2.16. The molecule has 128 valence electrons. The Kier molecular flexibility index (Phi) is 4.93. The third kappa shape index (κ3) is 4.32. The van der Waals surface area contributed by atoms with Crippen LogP contribution in [-0.2, 0) is 6.42 Å². The average molecular weight is 334 g/mol. The number of anilines is 2. The summed E-state index contributed by atoms with van der Waals surface area (Å²) < 4.78 is 0. The summed E-state index contributed by atoms with van der Waals surface area (Å²) in [6, 6.07) is 16.1. The second kappa shape index (κ2) is 7.30. The summed E-state index contributed by atoms with van der Waals surface area (Å²) in [6.07, 6.45) is 0.464. The number of aryl methyl sites for hydroxylation is 1. The van der Waals surface area contributed by atoms with Crippen LogP contribution in [0.3, 0.4) is 0 Å². The molecule has 0 aliphatic carbocycles. The van der Waals surface area contributed by atoms with Gasteiger partial charge in [-0.1, -0.05) is 50.2 Å². The summed E-state index contributed by atoms with van der Waals surface area (Å²) in [7, 11) is 0. The zero-order valence-corrected chi connectivity index (χ0v) is 14.7. The van der Waals surface area contributed by atoms with Crippen molar-refractivity contribution < 1.29 is 0 Å². The van der Waals surface area contributed by atoms with Crippen LogP contribution in [0.1, 0.15) is 42.1 Å². The van der Waals surface area contributed by atoms with Crippen molar-refractivity contribution >= 4 is 11.6 Å². The van der Waals surface area contributed by atoms with Gasteiger partial charge in [0.25, 0.3) is 5.56 Å². The molecule has 2 N–H and O–H groups in total. The van der Waals surface area contributed by atoms with Crippen LogP contribution in [-0.4, -0.2) is 15.2 Å². The molecule has 5 heteroatoms. The Hall–Kier alpha value is -2.95. The van der Waals surface area contributed by atoms with Crippen molar-refractivity contribution in [3.63, 3.8) is 0 Å². The standard InChI is InChI=1S/C20H22N4O/c1-13(2)16-9-7-15(8-10-16)12-18-19(25)22-20(24-23-18)21-17-6-4-5-14(3)11-17/h4-11,13H,12H2,1-3H3,(H2,21,22,24,25). The Morgan fingerprint density at radius 3 is 2.48 bits per heavy atom. The Morgan fingerprint density at radius 1 is 1.08 bits per heavy atom. The normalized spacial score (nSPS) is 10.9. The summed E-state index contributed by atoms with van der Waals surface area (Å²) in [4.78, 5) is 15.0. The minimum absolute atomic E-state index is 0.224. The van der Waals surface area contributed by atoms with Crippen LogP contribution >= 0.6 is 0 Å². The summed E-state index contributed by atoms with van der Waals surface area (Å²) in [5.74, 6) is 0.832. The number of nitrogens with zero attached hydrogens (tertiary/aromatic N) is 2. The molecule has 0 aliphatic heterocycles. The molecule has 2 aromatic carbocycles. The molecule has 0 fully saturated rings. The van der Waals surface area contributed by atoms with Gasteiger partial charge in [-0.25, -0.2) is 0 Å². The predicted molar refractivity (Wildman–Crippen MR) is 100 cm³/mol. The lowest BCUT2D eigenvalue weighted by molar-refractivity contribution is 0.858. The van der Waals surface area contributed by atoms with Gasteiger partial charge in [0.1, 0.15) is 5.69 Å². The highest BCUT2D eigenvalue weighted by Gasteiger charge is 2.07. The van der Waals surface area contributed by atoms with Crippen LogP contribution in [0.2, 0.25) is 0 Å². The van der Waals surface area contributed by atoms with E-state index in [0.717, 1.165) is 16.8 Å². The molecule has 0 aliphatic rings. The molecule has 0 radical (unpaired) electrons. The lowest BCUT2D eigenvalue weighted by Crippen LogP contribution is -2.18. The lowest BCUT2D eigenvalue weighted by atomic mass is 10.0. The number of hydrogen-bond acceptors (Lipinski definition) is 4. The maximum absolute atomic E-state index is 12.3. The molecule has 0 saturated carbocycles. The zero-order chi connectivity index (χ0) is 17.8. The molecule has 0 spiro atoms. The number of rotatable bonds is 5. The molecule has 1 aromatic heterocycles. The highest BCUT2D eigenvalue weighted by molar-refractivity contribution is 5.53. The monoisotopic (exact) mass is 334 g/mol. The minimum Gasteiger partial charge on any atom is -0.324 e. The third-order valence-electron chi connectivity index (χ3n) is 4.06. The Bertz CT molecular complexity index is 913. The molecule has 1 heterocycles. The molecule has 25 heavy (non-hydrogen) atoms. The molecule has 5 nitrogen and oxygen atoms in total. The van der Waals surface area contributed by atoms with Crippen molar-refractivity contribution in [2.45, 2.75) is 33.1 Å². The van der Waals surface area contributed by atoms with Gasteiger partial charge in [-0.05, 0) is 41.7 Å². The second-order valence-corrected chi connectivity index (χ2v) is 6.52. The van der Waals surface area contributed by atoms with Crippen LogP contribution in [0.25, 0.3) is 0 Å². The molecule has 0 bridgehead atoms. The number of aromatic amines is 1. The predicted octanol–water partition coefficient (Wildman–Crippen LogP) is 3.93. The van der Waals surface area contributed by atoms with Gasteiger partial charge in [0.05, 0.1) is 0 Å². The van der Waals surface area contributed by atoms with E-state index in [9.17, 15) is 4.79 Å². The summed E-state index contributed by atoms with van der Waals surface area (Å²) in [5, 5.41) is 11.3. The summed E-state index contributed by atoms with van der Waals surface area (Å²) in [6.45, 7) is 6.32. The van der Waals surface area contributed by atoms with Crippen LogP contribution in [0.15, 0.2) is 53.3 Å². The van der Waals surface area contributed by atoms with E-state index in [1.54, 1.807) is 0 Å². The van der Waals surface area contributed by atoms with E-state index in [0.29, 0.717) is 24.0 Å². The van der Waals surface area contributed by atoms with E-state index in [-0.39, 0.29) is 5.56 Å². The molecular formula is C20H22N4O. The van der Waals surface area contributed by atoms with Gasteiger partial charge in [0.2, 0.25) is 5.95 Å². The Morgan fingerprint density at radius 2 is 1.84 bits per heavy atom. The van der Waals surface area contributed by atoms with Crippen molar-refractivity contribution in [3.8, 4) is 0 Å². The van der Waals surface area contributed by atoms with Crippen molar-refractivity contribution in [3.05, 3.63) is 81.3 Å². The number of H-pyrrole nitrogens is 1. The molecule has 3 rings (SSSR count). The summed E-state index contributed by atoms with van der Waals surface area (Å²) >= 11 is 0. The van der Waals surface area contributed by atoms with E-state index < -0.39 is 0 Å². The number of aromatic nitrogens is 3. The van der Waals surface area contributed by atoms with Gasteiger partial charge in [0, 0.05) is 12.1 Å². The first-order chi connectivity index (χ1) is 12.0. The zero-order valence-electron chi connectivity index (χ0n) is 14.7. The Balaban J connectivity index is 1.74. The topological polar surface area (TPSA) is 70.7 Å². The fourth-order valence-electron chi connectivity index (χ4n) is 2.61. The van der Waals surface area contributed by atoms with Crippen LogP contribution in [0.4, 0.5) is 11.6 Å². The first kappa shape index (κ1) is 16.9. The first-order valence-corrected chi connectivity index (χ1v) is 8.39. The lowest BCUT2D eigenvalue weighted by Gasteiger charge is -2.07. The minimum atomic E-state index is -0.224. The average Bonchev–Trinajstić information content (AvgIpc) is 2.58. The van der Waals surface area contributed by atoms with E-state index in [4.69, 9.17) is 0 Å². The quantitative estimate of drug-likeness (QED) is 0.741. The second-order valence-electron chi connectivity index (χ2n) is 6.52. The highest BCUT2D eigenvalue weighted by atomic mass is 16.1. The molecule has 0 atom stereocenters. The molecule has 0 saturated heterocycles. The molecule has 0 unspecified atom stereocenters. The molecule has 0 amide bonds. The molecule has 3 aromatic rings. The fourth-order valence-corrected chi connectivity index (χ4v) is 2.61. The van der Waals surface area contributed by atoms with Crippen molar-refractivity contribution in [2.75, 3.05) is 5.32 Å². The van der Waals surface area contributed by atoms with E-state index >= 15 is 0 Å². The van der Waals surface area contributed by atoms with Crippen LogP contribution in [0, 0.1) is 6.92 Å². The van der Waals surface area contributed by atoms with Gasteiger partial charge in [-0.15, -0.1) is 10.2 Å². The SMILES string of the molecule is Cc1cccc(Nc2nnc(Cc3ccc(C(C)C)cc3)c(=O)[nH]2)c1. The van der Waals surface area contributed by atoms with Gasteiger partial charge in [0.15, 0.2) is 0 Å². The summed E-state index contributed by atoms with van der Waals surface area (Å²) in [5.41, 5.74) is 4.50. The van der Waals surface area contributed by atoms with Gasteiger partial charge in [-0.3, -0.25) is 9.78 Å². The van der Waals surface area contributed by atoms with Crippen LogP contribution < -0.4 is 10.9 Å². The van der Waals surface area contributed by atoms with Crippen LogP contribution in [0.5, 0.6) is 0 Å². The smallest absolute Gasteiger partial charge is 0.274 e. The maximum atomic E-state index is 12.3. The van der Waals surface area contributed by atoms with E-state index in [1.807, 2.05) is 43.3 Å². The maximum Gasteiger partial charge on any atom is 0.274 e.